The van der Waals surface area contributed by atoms with E-state index in [2.05, 4.69) is 10.6 Å². The Labute approximate surface area is 132 Å². The lowest BCUT2D eigenvalue weighted by molar-refractivity contribution is -0.384. The Balaban J connectivity index is 1.69. The smallest absolute Gasteiger partial charge is 0.407 e. The van der Waals surface area contributed by atoms with E-state index >= 15 is 0 Å². The minimum atomic E-state index is -0.820. The highest BCUT2D eigenvalue weighted by atomic mass is 16.6. The number of aliphatic hydroxyl groups excluding tert-OH is 2. The van der Waals surface area contributed by atoms with E-state index < -0.39 is 23.2 Å². The second kappa shape index (κ2) is 7.86. The molecule has 0 unspecified atom stereocenters. The number of carbonyl (C=O) groups is 1. The molecule has 1 heterocycles. The van der Waals surface area contributed by atoms with Crippen molar-refractivity contribution in [3.63, 3.8) is 0 Å². The fraction of sp³-hybridized carbons (Fsp3) is 0.500. The van der Waals surface area contributed by atoms with Crippen LogP contribution in [0.3, 0.4) is 0 Å². The Morgan fingerprint density at radius 1 is 1.48 bits per heavy atom. The average Bonchev–Trinajstić information content (AvgIpc) is 2.97. The zero-order valence-electron chi connectivity index (χ0n) is 12.3. The molecule has 3 atom stereocenters. The lowest BCUT2D eigenvalue weighted by Gasteiger charge is -2.18. The molecule has 4 N–H and O–H groups in total. The number of nitro groups is 1. The first kappa shape index (κ1) is 17.1. The van der Waals surface area contributed by atoms with Crippen LogP contribution in [-0.2, 0) is 11.3 Å². The van der Waals surface area contributed by atoms with Gasteiger partial charge >= 0.3 is 6.09 Å². The van der Waals surface area contributed by atoms with E-state index in [0.29, 0.717) is 18.5 Å². The summed E-state index contributed by atoms with van der Waals surface area (Å²) in [5.74, 6) is 0. The molecule has 0 radical (unpaired) electrons. The predicted molar refractivity (Wildman–Crippen MR) is 79.7 cm³/mol. The van der Waals surface area contributed by atoms with Gasteiger partial charge in [-0.1, -0.05) is 0 Å². The van der Waals surface area contributed by atoms with Gasteiger partial charge < -0.3 is 25.6 Å². The quantitative estimate of drug-likeness (QED) is 0.424. The van der Waals surface area contributed by atoms with Crippen LogP contribution < -0.4 is 10.6 Å². The van der Waals surface area contributed by atoms with Crippen molar-refractivity contribution in [2.45, 2.75) is 31.3 Å². The number of ether oxygens (including phenoxy) is 1. The number of hydrogen-bond donors (Lipinski definition) is 4. The molecule has 0 spiro atoms. The molecule has 1 fully saturated rings. The Hall–Kier alpha value is -2.23. The number of nitrogens with one attached hydrogen (secondary N) is 2. The third kappa shape index (κ3) is 5.16. The molecule has 0 bridgehead atoms. The first-order valence-corrected chi connectivity index (χ1v) is 7.19. The van der Waals surface area contributed by atoms with Crippen molar-refractivity contribution >= 4 is 11.8 Å². The number of hydrogen-bond acceptors (Lipinski definition) is 7. The van der Waals surface area contributed by atoms with Gasteiger partial charge in [0.2, 0.25) is 0 Å². The maximum absolute atomic E-state index is 11.6. The van der Waals surface area contributed by atoms with Crippen molar-refractivity contribution in [1.82, 2.24) is 10.6 Å². The van der Waals surface area contributed by atoms with Gasteiger partial charge in [-0.3, -0.25) is 10.1 Å². The largest absolute Gasteiger partial charge is 0.445 e. The summed E-state index contributed by atoms with van der Waals surface area (Å²) in [6, 6.07) is 5.41. The van der Waals surface area contributed by atoms with E-state index in [1.807, 2.05) is 0 Å². The van der Waals surface area contributed by atoms with Crippen LogP contribution in [0.25, 0.3) is 0 Å². The molecule has 0 aliphatic carbocycles. The lowest BCUT2D eigenvalue weighted by Crippen LogP contribution is -2.43. The first-order chi connectivity index (χ1) is 11.0. The van der Waals surface area contributed by atoms with Crippen LogP contribution in [0.4, 0.5) is 10.5 Å². The van der Waals surface area contributed by atoms with Gasteiger partial charge in [-0.2, -0.15) is 0 Å². The molecule has 2 rings (SSSR count). The molecule has 1 aromatic carbocycles. The highest BCUT2D eigenvalue weighted by molar-refractivity contribution is 5.67. The minimum Gasteiger partial charge on any atom is -0.445 e. The predicted octanol–water partition coefficient (Wildman–Crippen LogP) is -0.0953. The van der Waals surface area contributed by atoms with E-state index in [1.165, 1.54) is 24.3 Å². The van der Waals surface area contributed by atoms with Gasteiger partial charge in [0.05, 0.1) is 17.1 Å². The van der Waals surface area contributed by atoms with Gasteiger partial charge in [-0.25, -0.2) is 4.79 Å². The minimum absolute atomic E-state index is 0.00345. The number of aliphatic hydroxyl groups is 2. The molecule has 1 saturated heterocycles. The number of rotatable bonds is 6. The number of β-amino-alcohol motifs (C(OH)–C–C–N with tert-alkyl or cyclic N) is 1. The van der Waals surface area contributed by atoms with Crippen molar-refractivity contribution in [1.29, 1.82) is 0 Å². The van der Waals surface area contributed by atoms with Crippen LogP contribution in [0.2, 0.25) is 0 Å². The molecule has 1 aliphatic heterocycles. The summed E-state index contributed by atoms with van der Waals surface area (Å²) in [5.41, 5.74) is 0.583. The number of non-ortho nitro benzene ring substituents is 1. The van der Waals surface area contributed by atoms with Crippen LogP contribution in [0.1, 0.15) is 12.0 Å². The van der Waals surface area contributed by atoms with Gasteiger partial charge in [0.1, 0.15) is 6.61 Å². The van der Waals surface area contributed by atoms with E-state index in [-0.39, 0.29) is 24.9 Å². The second-order valence-corrected chi connectivity index (χ2v) is 5.35. The van der Waals surface area contributed by atoms with Crippen LogP contribution in [0.15, 0.2) is 24.3 Å². The fourth-order valence-corrected chi connectivity index (χ4v) is 2.28. The van der Waals surface area contributed by atoms with Crippen molar-refractivity contribution in [2.24, 2.45) is 0 Å². The Kier molecular flexibility index (Phi) is 5.85. The van der Waals surface area contributed by atoms with Crippen molar-refractivity contribution in [2.75, 3.05) is 13.1 Å². The SMILES string of the molecule is O=C(NC[C@H](O)[C@@H]1C[C@@H](O)CN1)OCc1ccc([N+](=O)[O-])cc1. The van der Waals surface area contributed by atoms with E-state index in [0.717, 1.165) is 0 Å². The number of benzene rings is 1. The normalized spacial score (nSPS) is 21.7. The summed E-state index contributed by atoms with van der Waals surface area (Å²) in [6.45, 7) is 0.399. The summed E-state index contributed by atoms with van der Waals surface area (Å²) in [7, 11) is 0. The molecule has 1 amide bonds. The van der Waals surface area contributed by atoms with Gasteiger partial charge in [-0.05, 0) is 24.1 Å². The number of amides is 1. The number of nitro benzene ring substituents is 1. The summed E-state index contributed by atoms with van der Waals surface area (Å²) in [5, 5.41) is 35.1. The van der Waals surface area contributed by atoms with E-state index in [4.69, 9.17) is 4.74 Å². The zero-order chi connectivity index (χ0) is 16.8. The van der Waals surface area contributed by atoms with Crippen LogP contribution in [-0.4, -0.2) is 52.6 Å². The molecule has 9 nitrogen and oxygen atoms in total. The lowest BCUT2D eigenvalue weighted by atomic mass is 10.1. The second-order valence-electron chi connectivity index (χ2n) is 5.35. The third-order valence-corrected chi connectivity index (χ3v) is 3.58. The average molecular weight is 325 g/mol. The molecule has 0 aromatic heterocycles. The molecular weight excluding hydrogens is 306 g/mol. The summed E-state index contributed by atoms with van der Waals surface area (Å²) in [6.07, 6.45) is -1.57. The van der Waals surface area contributed by atoms with Crippen molar-refractivity contribution < 1.29 is 24.7 Å². The van der Waals surface area contributed by atoms with Gasteiger partial charge in [0.25, 0.3) is 5.69 Å². The topological polar surface area (TPSA) is 134 Å². The third-order valence-electron chi connectivity index (χ3n) is 3.58. The van der Waals surface area contributed by atoms with Crippen molar-refractivity contribution in [3.05, 3.63) is 39.9 Å². The van der Waals surface area contributed by atoms with Crippen LogP contribution in [0, 0.1) is 10.1 Å². The maximum Gasteiger partial charge on any atom is 0.407 e. The van der Waals surface area contributed by atoms with Crippen LogP contribution in [0.5, 0.6) is 0 Å². The highest BCUT2D eigenvalue weighted by Crippen LogP contribution is 2.13. The number of carbonyl (C=O) groups excluding carboxylic acids is 1. The molecule has 23 heavy (non-hydrogen) atoms. The highest BCUT2D eigenvalue weighted by Gasteiger charge is 2.28. The standard InChI is InChI=1S/C14H19N3O6/c18-11-5-12(15-6-11)13(19)7-16-14(20)23-8-9-1-3-10(4-2-9)17(21)22/h1-4,11-13,15,18-19H,5-8H2,(H,16,20)/t11-,12+,13+/m1/s1. The van der Waals surface area contributed by atoms with Crippen LogP contribution >= 0.6 is 0 Å². The molecular formula is C14H19N3O6. The Bertz CT molecular complexity index is 550. The molecule has 1 aromatic rings. The number of alkyl carbamates (subject to hydrolysis) is 1. The number of nitrogens with zero attached hydrogens (tertiary/aromatic N) is 1. The monoisotopic (exact) mass is 325 g/mol. The van der Waals surface area contributed by atoms with Gasteiger partial charge in [0.15, 0.2) is 0 Å². The van der Waals surface area contributed by atoms with Gasteiger partial charge in [0, 0.05) is 31.3 Å². The van der Waals surface area contributed by atoms with Gasteiger partial charge in [-0.15, -0.1) is 0 Å². The maximum atomic E-state index is 11.6. The Morgan fingerprint density at radius 3 is 2.74 bits per heavy atom. The van der Waals surface area contributed by atoms with Crippen molar-refractivity contribution in [3.8, 4) is 0 Å². The summed E-state index contributed by atoms with van der Waals surface area (Å²) >= 11 is 0. The molecule has 126 valence electrons. The zero-order valence-corrected chi connectivity index (χ0v) is 12.3. The van der Waals surface area contributed by atoms with E-state index in [9.17, 15) is 25.1 Å². The molecule has 0 saturated carbocycles. The first-order valence-electron chi connectivity index (χ1n) is 7.19. The fourth-order valence-electron chi connectivity index (χ4n) is 2.28. The Morgan fingerprint density at radius 2 is 2.17 bits per heavy atom. The summed E-state index contributed by atoms with van der Waals surface area (Å²) in [4.78, 5) is 21.6. The molecule has 1 aliphatic rings. The molecule has 9 heteroatoms. The van der Waals surface area contributed by atoms with E-state index in [1.54, 1.807) is 0 Å². The summed E-state index contributed by atoms with van der Waals surface area (Å²) < 4.78 is 4.96.